The lowest BCUT2D eigenvalue weighted by atomic mass is 10.0. The maximum Gasteiger partial charge on any atom is 0.119 e. The smallest absolute Gasteiger partial charge is 0.119 e. The summed E-state index contributed by atoms with van der Waals surface area (Å²) in [5.41, 5.74) is 1.47. The molecule has 1 aliphatic heterocycles. The van der Waals surface area contributed by atoms with Crippen molar-refractivity contribution in [3.8, 4) is 5.75 Å². The molecule has 3 heteroatoms. The van der Waals surface area contributed by atoms with Crippen molar-refractivity contribution in [3.63, 3.8) is 0 Å². The van der Waals surface area contributed by atoms with Gasteiger partial charge < -0.3 is 15.0 Å². The summed E-state index contributed by atoms with van der Waals surface area (Å²) in [4.78, 5) is 2.41. The number of nitrogens with one attached hydrogen (secondary N) is 1. The predicted octanol–water partition coefficient (Wildman–Crippen LogP) is 1.88. The van der Waals surface area contributed by atoms with Gasteiger partial charge in [-0.05, 0) is 38.1 Å². The Morgan fingerprint density at radius 1 is 1.25 bits per heavy atom. The van der Waals surface area contributed by atoms with Crippen LogP contribution in [0.2, 0.25) is 0 Å². The Morgan fingerprint density at radius 3 is 2.50 bits per heavy atom. The zero-order chi connectivity index (χ0) is 11.6. The van der Waals surface area contributed by atoms with Gasteiger partial charge in [0.25, 0.3) is 0 Å². The molecule has 0 radical (unpaired) electrons. The van der Waals surface area contributed by atoms with Crippen molar-refractivity contribution in [2.75, 3.05) is 31.6 Å². The van der Waals surface area contributed by atoms with Crippen LogP contribution in [0.25, 0.3) is 0 Å². The van der Waals surface area contributed by atoms with Gasteiger partial charge in [0.2, 0.25) is 0 Å². The first-order valence-corrected chi connectivity index (χ1v) is 5.75. The van der Waals surface area contributed by atoms with E-state index in [0.29, 0.717) is 0 Å². The minimum atomic E-state index is 0.193. The predicted molar refractivity (Wildman–Crippen MR) is 67.3 cm³/mol. The molecule has 88 valence electrons. The quantitative estimate of drug-likeness (QED) is 0.823. The van der Waals surface area contributed by atoms with E-state index in [9.17, 15) is 0 Å². The molecule has 1 aliphatic rings. The molecule has 1 heterocycles. The van der Waals surface area contributed by atoms with Gasteiger partial charge >= 0.3 is 0 Å². The molecular weight excluding hydrogens is 200 g/mol. The third kappa shape index (κ3) is 2.47. The first-order valence-electron chi connectivity index (χ1n) is 5.75. The van der Waals surface area contributed by atoms with E-state index in [1.54, 1.807) is 7.11 Å². The number of hydrogen-bond donors (Lipinski definition) is 1. The highest BCUT2D eigenvalue weighted by Gasteiger charge is 2.25. The second kappa shape index (κ2) is 4.34. The van der Waals surface area contributed by atoms with Gasteiger partial charge in [-0.1, -0.05) is 0 Å². The summed E-state index contributed by atoms with van der Waals surface area (Å²) in [6.45, 7) is 7.62. The van der Waals surface area contributed by atoms with Crippen LogP contribution in [0.15, 0.2) is 24.3 Å². The summed E-state index contributed by atoms with van der Waals surface area (Å²) in [6, 6.07) is 8.29. The van der Waals surface area contributed by atoms with Crippen LogP contribution < -0.4 is 15.0 Å². The van der Waals surface area contributed by atoms with Crippen molar-refractivity contribution in [1.82, 2.24) is 5.32 Å². The first kappa shape index (κ1) is 11.3. The first-order chi connectivity index (χ1) is 7.61. The summed E-state index contributed by atoms with van der Waals surface area (Å²) in [5.74, 6) is 0.915. The van der Waals surface area contributed by atoms with Gasteiger partial charge in [-0.2, -0.15) is 0 Å². The van der Waals surface area contributed by atoms with E-state index in [1.165, 1.54) is 5.69 Å². The maximum absolute atomic E-state index is 5.17. The normalized spacial score (nSPS) is 19.6. The number of benzene rings is 1. The molecule has 0 spiro atoms. The van der Waals surface area contributed by atoms with Gasteiger partial charge in [0.05, 0.1) is 7.11 Å². The molecule has 0 bridgehead atoms. The largest absolute Gasteiger partial charge is 0.497 e. The fourth-order valence-corrected chi connectivity index (χ4v) is 2.15. The Hall–Kier alpha value is -1.22. The van der Waals surface area contributed by atoms with E-state index >= 15 is 0 Å². The molecule has 2 rings (SSSR count). The van der Waals surface area contributed by atoms with Crippen LogP contribution in [0.1, 0.15) is 13.8 Å². The molecule has 0 unspecified atom stereocenters. The zero-order valence-electron chi connectivity index (χ0n) is 10.3. The molecule has 0 aromatic heterocycles. The fourth-order valence-electron chi connectivity index (χ4n) is 2.15. The number of piperazine rings is 1. The van der Waals surface area contributed by atoms with Crippen molar-refractivity contribution in [2.24, 2.45) is 0 Å². The Balaban J connectivity index is 2.11. The average Bonchev–Trinajstić information content (AvgIpc) is 2.28. The molecule has 1 fully saturated rings. The number of ether oxygens (including phenoxy) is 1. The highest BCUT2D eigenvalue weighted by atomic mass is 16.5. The van der Waals surface area contributed by atoms with Crippen LogP contribution in [-0.2, 0) is 0 Å². The lowest BCUT2D eigenvalue weighted by Gasteiger charge is -2.40. The van der Waals surface area contributed by atoms with Crippen molar-refractivity contribution >= 4 is 5.69 Å². The monoisotopic (exact) mass is 220 g/mol. The third-order valence-electron chi connectivity index (χ3n) is 3.01. The number of methoxy groups -OCH3 is 1. The molecule has 16 heavy (non-hydrogen) atoms. The van der Waals surface area contributed by atoms with E-state index in [-0.39, 0.29) is 5.54 Å². The highest BCUT2D eigenvalue weighted by molar-refractivity contribution is 5.50. The Kier molecular flexibility index (Phi) is 3.06. The molecule has 0 atom stereocenters. The van der Waals surface area contributed by atoms with Crippen LogP contribution in [0.3, 0.4) is 0 Å². The third-order valence-corrected chi connectivity index (χ3v) is 3.01. The van der Waals surface area contributed by atoms with E-state index in [1.807, 2.05) is 12.1 Å². The summed E-state index contributed by atoms with van der Waals surface area (Å²) in [5, 5.41) is 3.51. The average molecular weight is 220 g/mol. The van der Waals surface area contributed by atoms with E-state index < -0.39 is 0 Å². The summed E-state index contributed by atoms with van der Waals surface area (Å²) in [6.07, 6.45) is 0. The van der Waals surface area contributed by atoms with Crippen LogP contribution >= 0.6 is 0 Å². The number of anilines is 1. The van der Waals surface area contributed by atoms with Crippen LogP contribution in [-0.4, -0.2) is 32.3 Å². The van der Waals surface area contributed by atoms with E-state index in [4.69, 9.17) is 4.74 Å². The Morgan fingerprint density at radius 2 is 1.94 bits per heavy atom. The molecule has 0 aliphatic carbocycles. The Labute approximate surface area is 97.4 Å². The zero-order valence-corrected chi connectivity index (χ0v) is 10.3. The number of rotatable bonds is 2. The SMILES string of the molecule is COc1ccc(N2CCNC(C)(C)C2)cc1. The van der Waals surface area contributed by atoms with E-state index in [2.05, 4.69) is 36.2 Å². The van der Waals surface area contributed by atoms with Crippen molar-refractivity contribution in [1.29, 1.82) is 0 Å². The topological polar surface area (TPSA) is 24.5 Å². The molecule has 1 saturated heterocycles. The lowest BCUT2D eigenvalue weighted by Crippen LogP contribution is -2.57. The van der Waals surface area contributed by atoms with Gasteiger partial charge in [-0.3, -0.25) is 0 Å². The van der Waals surface area contributed by atoms with Crippen LogP contribution in [0.4, 0.5) is 5.69 Å². The number of hydrogen-bond acceptors (Lipinski definition) is 3. The summed E-state index contributed by atoms with van der Waals surface area (Å²) in [7, 11) is 1.70. The van der Waals surface area contributed by atoms with Gasteiger partial charge in [0.1, 0.15) is 5.75 Å². The second-order valence-electron chi connectivity index (χ2n) is 4.93. The van der Waals surface area contributed by atoms with Crippen LogP contribution in [0.5, 0.6) is 5.75 Å². The minimum absolute atomic E-state index is 0.193. The molecule has 1 aromatic rings. The van der Waals surface area contributed by atoms with Crippen molar-refractivity contribution in [2.45, 2.75) is 19.4 Å². The summed E-state index contributed by atoms with van der Waals surface area (Å²) >= 11 is 0. The highest BCUT2D eigenvalue weighted by Crippen LogP contribution is 2.22. The Bertz CT molecular complexity index is 345. The number of nitrogens with zero attached hydrogens (tertiary/aromatic N) is 1. The van der Waals surface area contributed by atoms with Crippen molar-refractivity contribution in [3.05, 3.63) is 24.3 Å². The van der Waals surface area contributed by atoms with Gasteiger partial charge in [0.15, 0.2) is 0 Å². The minimum Gasteiger partial charge on any atom is -0.497 e. The molecule has 0 amide bonds. The molecule has 3 nitrogen and oxygen atoms in total. The maximum atomic E-state index is 5.17. The second-order valence-corrected chi connectivity index (χ2v) is 4.93. The van der Waals surface area contributed by atoms with Crippen LogP contribution in [0, 0.1) is 0 Å². The summed E-state index contributed by atoms with van der Waals surface area (Å²) < 4.78 is 5.17. The lowest BCUT2D eigenvalue weighted by molar-refractivity contribution is 0.353. The fraction of sp³-hybridized carbons (Fsp3) is 0.538. The van der Waals surface area contributed by atoms with E-state index in [0.717, 1.165) is 25.4 Å². The van der Waals surface area contributed by atoms with Gasteiger partial charge in [0, 0.05) is 30.9 Å². The molecule has 1 N–H and O–H groups in total. The van der Waals surface area contributed by atoms with Gasteiger partial charge in [-0.25, -0.2) is 0 Å². The molecule has 0 saturated carbocycles. The standard InChI is InChI=1S/C13H20N2O/c1-13(2)10-15(9-8-14-13)11-4-6-12(16-3)7-5-11/h4-7,14H,8-10H2,1-3H3. The molecule has 1 aromatic carbocycles. The van der Waals surface area contributed by atoms with Crippen molar-refractivity contribution < 1.29 is 4.74 Å². The molecular formula is C13H20N2O. The van der Waals surface area contributed by atoms with Gasteiger partial charge in [-0.15, -0.1) is 0 Å².